The number of benzene rings is 1. The van der Waals surface area contributed by atoms with Gasteiger partial charge in [-0.1, -0.05) is 19.9 Å². The molecule has 8 heteroatoms. The Labute approximate surface area is 205 Å². The molecule has 2 aliphatic rings. The lowest BCUT2D eigenvalue weighted by Crippen LogP contribution is -2.31. The molecule has 4 heterocycles. The number of nitrogens with zero attached hydrogens (tertiary/aromatic N) is 5. The van der Waals surface area contributed by atoms with Gasteiger partial charge >= 0.3 is 0 Å². The molecule has 6 rings (SSSR count). The van der Waals surface area contributed by atoms with E-state index in [1.165, 1.54) is 11.3 Å². The fourth-order valence-corrected chi connectivity index (χ4v) is 5.24. The lowest BCUT2D eigenvalue weighted by atomic mass is 9.76. The Kier molecular flexibility index (Phi) is 5.40. The summed E-state index contributed by atoms with van der Waals surface area (Å²) in [7, 11) is 1.91. The molecule has 0 fully saturated rings. The third-order valence-corrected chi connectivity index (χ3v) is 7.11. The number of aryl methyl sites for hydroxylation is 1. The molecule has 0 saturated heterocycles. The summed E-state index contributed by atoms with van der Waals surface area (Å²) in [5, 5.41) is 3.12. The Balaban J connectivity index is 1.33. The van der Waals surface area contributed by atoms with E-state index in [0.717, 1.165) is 77.6 Å². The van der Waals surface area contributed by atoms with E-state index in [-0.39, 0.29) is 5.41 Å². The Morgan fingerprint density at radius 3 is 2.94 bits per heavy atom. The zero-order valence-corrected chi connectivity index (χ0v) is 20.6. The van der Waals surface area contributed by atoms with Gasteiger partial charge in [0.05, 0.1) is 18.6 Å². The standard InChI is InChI=1S/C27H31N7O/c1-27(2)7-6-21-20(12-27)26(31-16-30-21)34-8-9-35-23-5-4-17(10-19(23)15-34)18-11-22-25(29-13-18)33-24(32-22)14-28-3/h4-5,10-11,13,16,28H,6-9,12,14-15H2,1-3H3,(H,29,32,33). The maximum Gasteiger partial charge on any atom is 0.177 e. The minimum absolute atomic E-state index is 0.269. The number of ether oxygens (including phenoxy) is 1. The third kappa shape index (κ3) is 4.23. The minimum Gasteiger partial charge on any atom is -0.491 e. The van der Waals surface area contributed by atoms with Gasteiger partial charge in [0.2, 0.25) is 0 Å². The van der Waals surface area contributed by atoms with Crippen molar-refractivity contribution in [3.63, 3.8) is 0 Å². The number of H-pyrrole nitrogens is 1. The summed E-state index contributed by atoms with van der Waals surface area (Å²) in [6.07, 6.45) is 6.81. The fourth-order valence-electron chi connectivity index (χ4n) is 5.24. The van der Waals surface area contributed by atoms with Gasteiger partial charge in [-0.05, 0) is 55.5 Å². The Morgan fingerprint density at radius 2 is 2.06 bits per heavy atom. The monoisotopic (exact) mass is 469 g/mol. The van der Waals surface area contributed by atoms with E-state index in [2.05, 4.69) is 68.3 Å². The van der Waals surface area contributed by atoms with Crippen LogP contribution in [-0.4, -0.2) is 45.1 Å². The SMILES string of the molecule is CNCc1nc2ncc(-c3ccc4c(c3)CN(c3ncnc5c3CC(C)(C)CC5)CCO4)cc2[nH]1. The predicted molar refractivity (Wildman–Crippen MR) is 136 cm³/mol. The zero-order valence-electron chi connectivity index (χ0n) is 20.6. The minimum atomic E-state index is 0.269. The average Bonchev–Trinajstić information content (AvgIpc) is 3.12. The molecule has 0 bridgehead atoms. The van der Waals surface area contributed by atoms with Gasteiger partial charge in [-0.3, -0.25) is 0 Å². The van der Waals surface area contributed by atoms with Gasteiger partial charge in [0, 0.05) is 35.1 Å². The highest BCUT2D eigenvalue weighted by Crippen LogP contribution is 2.39. The Morgan fingerprint density at radius 1 is 1.14 bits per heavy atom. The summed E-state index contributed by atoms with van der Waals surface area (Å²) in [4.78, 5) is 24.2. The number of hydrogen-bond acceptors (Lipinski definition) is 7. The lowest BCUT2D eigenvalue weighted by molar-refractivity contribution is 0.310. The number of fused-ring (bicyclic) bond motifs is 3. The summed E-state index contributed by atoms with van der Waals surface area (Å²) in [6, 6.07) is 8.53. The maximum atomic E-state index is 6.15. The zero-order chi connectivity index (χ0) is 24.0. The van der Waals surface area contributed by atoms with Crippen LogP contribution >= 0.6 is 0 Å². The van der Waals surface area contributed by atoms with Crippen molar-refractivity contribution in [2.45, 2.75) is 46.2 Å². The molecule has 1 aliphatic carbocycles. The molecular weight excluding hydrogens is 438 g/mol. The number of imidazole rings is 1. The summed E-state index contributed by atoms with van der Waals surface area (Å²) >= 11 is 0. The van der Waals surface area contributed by atoms with Crippen LogP contribution in [0.5, 0.6) is 5.75 Å². The summed E-state index contributed by atoms with van der Waals surface area (Å²) in [5.74, 6) is 2.88. The van der Waals surface area contributed by atoms with Crippen molar-refractivity contribution in [2.24, 2.45) is 5.41 Å². The number of hydrogen-bond donors (Lipinski definition) is 2. The summed E-state index contributed by atoms with van der Waals surface area (Å²) < 4.78 is 6.15. The van der Waals surface area contributed by atoms with Crippen molar-refractivity contribution in [1.29, 1.82) is 0 Å². The van der Waals surface area contributed by atoms with E-state index in [9.17, 15) is 0 Å². The molecular formula is C27H31N7O. The Hall–Kier alpha value is -3.52. The molecule has 2 N–H and O–H groups in total. The van der Waals surface area contributed by atoms with Crippen molar-refractivity contribution in [3.8, 4) is 16.9 Å². The second kappa shape index (κ2) is 8.61. The van der Waals surface area contributed by atoms with Crippen molar-refractivity contribution >= 4 is 17.0 Å². The van der Waals surface area contributed by atoms with Gasteiger partial charge in [0.15, 0.2) is 5.65 Å². The van der Waals surface area contributed by atoms with E-state index in [1.54, 1.807) is 6.33 Å². The number of pyridine rings is 1. The van der Waals surface area contributed by atoms with Gasteiger partial charge in [0.25, 0.3) is 0 Å². The van der Waals surface area contributed by atoms with Gasteiger partial charge < -0.3 is 19.9 Å². The first-order valence-electron chi connectivity index (χ1n) is 12.3. The van der Waals surface area contributed by atoms with Crippen LogP contribution in [-0.2, 0) is 25.9 Å². The summed E-state index contributed by atoms with van der Waals surface area (Å²) in [6.45, 7) is 7.53. The largest absolute Gasteiger partial charge is 0.491 e. The molecule has 1 aliphatic heterocycles. The highest BCUT2D eigenvalue weighted by molar-refractivity contribution is 5.78. The third-order valence-electron chi connectivity index (χ3n) is 7.11. The van der Waals surface area contributed by atoms with Crippen molar-refractivity contribution in [2.75, 3.05) is 25.1 Å². The van der Waals surface area contributed by atoms with Crippen LogP contribution in [0.15, 0.2) is 36.8 Å². The molecule has 35 heavy (non-hydrogen) atoms. The van der Waals surface area contributed by atoms with E-state index in [0.29, 0.717) is 13.2 Å². The second-order valence-electron chi connectivity index (χ2n) is 10.4. The van der Waals surface area contributed by atoms with Crippen LogP contribution in [0.4, 0.5) is 5.82 Å². The summed E-state index contributed by atoms with van der Waals surface area (Å²) in [5.41, 5.74) is 7.76. The molecule has 3 aromatic heterocycles. The van der Waals surface area contributed by atoms with Crippen LogP contribution in [0.2, 0.25) is 0 Å². The smallest absolute Gasteiger partial charge is 0.177 e. The molecule has 0 spiro atoms. The first-order chi connectivity index (χ1) is 17.0. The van der Waals surface area contributed by atoms with Crippen molar-refractivity contribution in [3.05, 3.63) is 59.4 Å². The van der Waals surface area contributed by atoms with Gasteiger partial charge in [0.1, 0.15) is 30.3 Å². The number of aromatic nitrogens is 5. The van der Waals surface area contributed by atoms with E-state index < -0.39 is 0 Å². The fraction of sp³-hybridized carbons (Fsp3) is 0.407. The Bertz CT molecular complexity index is 1390. The molecule has 0 atom stereocenters. The van der Waals surface area contributed by atoms with Crippen LogP contribution in [0.25, 0.3) is 22.3 Å². The highest BCUT2D eigenvalue weighted by atomic mass is 16.5. The molecule has 4 aromatic rings. The highest BCUT2D eigenvalue weighted by Gasteiger charge is 2.30. The average molecular weight is 470 g/mol. The lowest BCUT2D eigenvalue weighted by Gasteiger charge is -2.33. The first-order valence-corrected chi connectivity index (χ1v) is 12.3. The molecule has 0 saturated carbocycles. The number of anilines is 1. The predicted octanol–water partition coefficient (Wildman–Crippen LogP) is 4.05. The first kappa shape index (κ1) is 22.0. The topological polar surface area (TPSA) is 91.9 Å². The maximum absolute atomic E-state index is 6.15. The normalized spacial score (nSPS) is 16.9. The molecule has 1 aromatic carbocycles. The number of aromatic amines is 1. The van der Waals surface area contributed by atoms with Gasteiger partial charge in [-0.2, -0.15) is 0 Å². The van der Waals surface area contributed by atoms with E-state index in [1.807, 2.05) is 13.2 Å². The van der Waals surface area contributed by atoms with Gasteiger partial charge in [-0.25, -0.2) is 19.9 Å². The van der Waals surface area contributed by atoms with E-state index in [4.69, 9.17) is 9.72 Å². The van der Waals surface area contributed by atoms with Crippen LogP contribution in [0, 0.1) is 5.41 Å². The van der Waals surface area contributed by atoms with Crippen LogP contribution in [0.3, 0.4) is 0 Å². The quantitative estimate of drug-likeness (QED) is 0.466. The molecule has 0 unspecified atom stereocenters. The van der Waals surface area contributed by atoms with E-state index >= 15 is 0 Å². The number of nitrogens with one attached hydrogen (secondary N) is 2. The molecule has 0 amide bonds. The number of rotatable bonds is 4. The second-order valence-corrected chi connectivity index (χ2v) is 10.4. The van der Waals surface area contributed by atoms with Crippen LogP contribution in [0.1, 0.15) is 42.9 Å². The molecule has 180 valence electrons. The molecule has 8 nitrogen and oxygen atoms in total. The van der Waals surface area contributed by atoms with Crippen molar-refractivity contribution < 1.29 is 4.74 Å². The van der Waals surface area contributed by atoms with Crippen molar-refractivity contribution in [1.82, 2.24) is 30.2 Å². The van der Waals surface area contributed by atoms with Crippen LogP contribution < -0.4 is 15.0 Å². The molecule has 0 radical (unpaired) electrons. The van der Waals surface area contributed by atoms with Gasteiger partial charge in [-0.15, -0.1) is 0 Å².